The Kier molecular flexibility index (Phi) is 5.63. The number of nitrogens with one attached hydrogen (secondary N) is 1. The lowest BCUT2D eigenvalue weighted by Gasteiger charge is -2.36. The Labute approximate surface area is 134 Å². The van der Waals surface area contributed by atoms with Gasteiger partial charge in [0, 0.05) is 25.7 Å². The van der Waals surface area contributed by atoms with E-state index in [9.17, 15) is 0 Å². The fourth-order valence-corrected chi connectivity index (χ4v) is 3.36. The fraction of sp³-hybridized carbons (Fsp3) is 0.400. The second-order valence-corrected chi connectivity index (χ2v) is 6.12. The molecule has 1 fully saturated rings. The number of hydrogen-bond acceptors (Lipinski definition) is 2. The van der Waals surface area contributed by atoms with Gasteiger partial charge in [-0.2, -0.15) is 0 Å². The Balaban J connectivity index is 1.49. The molecule has 2 heteroatoms. The summed E-state index contributed by atoms with van der Waals surface area (Å²) in [7, 11) is 0. The topological polar surface area (TPSA) is 15.3 Å². The van der Waals surface area contributed by atoms with E-state index in [2.05, 4.69) is 70.9 Å². The summed E-state index contributed by atoms with van der Waals surface area (Å²) in [6, 6.07) is 22.2. The molecule has 0 spiro atoms. The van der Waals surface area contributed by atoms with Gasteiger partial charge in [0.25, 0.3) is 0 Å². The van der Waals surface area contributed by atoms with Crippen molar-refractivity contribution in [3.63, 3.8) is 0 Å². The Bertz CT molecular complexity index is 538. The van der Waals surface area contributed by atoms with Crippen LogP contribution in [0.2, 0.25) is 0 Å². The van der Waals surface area contributed by atoms with Crippen LogP contribution in [-0.2, 0) is 6.54 Å². The first kappa shape index (κ1) is 15.3. The molecule has 1 heterocycles. The highest BCUT2D eigenvalue weighted by Gasteiger charge is 2.22. The lowest BCUT2D eigenvalue weighted by Crippen LogP contribution is -2.38. The van der Waals surface area contributed by atoms with Crippen LogP contribution in [0.5, 0.6) is 0 Å². The average molecular weight is 294 g/mol. The number of piperidine rings is 1. The number of nitrogens with zero attached hydrogens (tertiary/aromatic N) is 1. The predicted molar refractivity (Wildman–Crippen MR) is 92.8 cm³/mol. The maximum atomic E-state index is 3.58. The van der Waals surface area contributed by atoms with E-state index in [1.54, 1.807) is 0 Å². The summed E-state index contributed by atoms with van der Waals surface area (Å²) in [4.78, 5) is 2.65. The molecule has 0 bridgehead atoms. The van der Waals surface area contributed by atoms with Gasteiger partial charge in [-0.25, -0.2) is 0 Å². The first-order chi connectivity index (χ1) is 10.9. The van der Waals surface area contributed by atoms with Crippen LogP contribution in [0.3, 0.4) is 0 Å². The van der Waals surface area contributed by atoms with Gasteiger partial charge in [-0.15, -0.1) is 0 Å². The van der Waals surface area contributed by atoms with Gasteiger partial charge < -0.3 is 5.32 Å². The van der Waals surface area contributed by atoms with E-state index in [4.69, 9.17) is 0 Å². The maximum Gasteiger partial charge on any atom is 0.0348 e. The number of benzene rings is 2. The Morgan fingerprint density at radius 3 is 2.41 bits per heavy atom. The van der Waals surface area contributed by atoms with Gasteiger partial charge >= 0.3 is 0 Å². The number of rotatable bonds is 6. The van der Waals surface area contributed by atoms with E-state index >= 15 is 0 Å². The number of hydrogen-bond donors (Lipinski definition) is 1. The van der Waals surface area contributed by atoms with E-state index in [1.165, 1.54) is 36.9 Å². The molecule has 1 N–H and O–H groups in total. The van der Waals surface area contributed by atoms with E-state index in [1.807, 2.05) is 0 Å². The van der Waals surface area contributed by atoms with Gasteiger partial charge in [0.1, 0.15) is 0 Å². The molecule has 1 aliphatic rings. The fourth-order valence-electron chi connectivity index (χ4n) is 3.36. The Morgan fingerprint density at radius 2 is 1.64 bits per heavy atom. The predicted octanol–water partition coefficient (Wildman–Crippen LogP) is 4.00. The molecule has 3 rings (SSSR count). The quantitative estimate of drug-likeness (QED) is 0.810. The standard InChI is InChI=1S/C20H26N2/c1-3-9-18(10-4-1)17-21-14-16-22-15-8-7-13-20(22)19-11-5-2-6-12-19/h1-6,9-12,20-21H,7-8,13-17H2. The summed E-state index contributed by atoms with van der Waals surface area (Å²) in [6.45, 7) is 4.38. The van der Waals surface area contributed by atoms with Gasteiger partial charge in [0.2, 0.25) is 0 Å². The monoisotopic (exact) mass is 294 g/mol. The van der Waals surface area contributed by atoms with E-state index < -0.39 is 0 Å². The third-order valence-electron chi connectivity index (χ3n) is 4.55. The van der Waals surface area contributed by atoms with Crippen LogP contribution in [0.25, 0.3) is 0 Å². The molecule has 2 aromatic rings. The summed E-state index contributed by atoms with van der Waals surface area (Å²) in [5.41, 5.74) is 2.84. The molecule has 1 aliphatic heterocycles. The summed E-state index contributed by atoms with van der Waals surface area (Å²) in [6.07, 6.45) is 3.98. The molecule has 1 unspecified atom stereocenters. The van der Waals surface area contributed by atoms with Crippen LogP contribution in [0, 0.1) is 0 Å². The van der Waals surface area contributed by atoms with E-state index in [0.29, 0.717) is 6.04 Å². The first-order valence-electron chi connectivity index (χ1n) is 8.47. The summed E-state index contributed by atoms with van der Waals surface area (Å²) >= 11 is 0. The highest BCUT2D eigenvalue weighted by Crippen LogP contribution is 2.30. The second kappa shape index (κ2) is 8.11. The SMILES string of the molecule is c1ccc(CNCCN2CCCCC2c2ccccc2)cc1. The van der Waals surface area contributed by atoms with Crippen molar-refractivity contribution in [3.05, 3.63) is 71.8 Å². The van der Waals surface area contributed by atoms with Crippen molar-refractivity contribution in [2.45, 2.75) is 31.8 Å². The van der Waals surface area contributed by atoms with Crippen LogP contribution in [0.4, 0.5) is 0 Å². The Hall–Kier alpha value is -1.64. The zero-order valence-electron chi connectivity index (χ0n) is 13.2. The van der Waals surface area contributed by atoms with Gasteiger partial charge in [0.05, 0.1) is 0 Å². The third kappa shape index (κ3) is 4.19. The molecular weight excluding hydrogens is 268 g/mol. The minimum absolute atomic E-state index is 0.605. The lowest BCUT2D eigenvalue weighted by molar-refractivity contribution is 0.149. The van der Waals surface area contributed by atoms with Gasteiger partial charge in [-0.05, 0) is 30.5 Å². The van der Waals surface area contributed by atoms with Crippen molar-refractivity contribution in [1.29, 1.82) is 0 Å². The molecule has 116 valence electrons. The second-order valence-electron chi connectivity index (χ2n) is 6.12. The lowest BCUT2D eigenvalue weighted by atomic mass is 9.95. The molecule has 2 aromatic carbocycles. The molecule has 2 nitrogen and oxygen atoms in total. The van der Waals surface area contributed by atoms with Crippen molar-refractivity contribution < 1.29 is 0 Å². The van der Waals surface area contributed by atoms with E-state index in [0.717, 1.165) is 19.6 Å². The van der Waals surface area contributed by atoms with Crippen LogP contribution in [0.1, 0.15) is 36.4 Å². The molecule has 0 aliphatic carbocycles. The van der Waals surface area contributed by atoms with Crippen molar-refractivity contribution >= 4 is 0 Å². The molecular formula is C20H26N2. The molecule has 0 aromatic heterocycles. The van der Waals surface area contributed by atoms with Crippen LogP contribution in [-0.4, -0.2) is 24.5 Å². The summed E-state index contributed by atoms with van der Waals surface area (Å²) in [5, 5.41) is 3.58. The summed E-state index contributed by atoms with van der Waals surface area (Å²) in [5.74, 6) is 0. The minimum Gasteiger partial charge on any atom is -0.311 e. The highest BCUT2D eigenvalue weighted by molar-refractivity contribution is 5.19. The molecule has 1 saturated heterocycles. The molecule has 0 radical (unpaired) electrons. The maximum absolute atomic E-state index is 3.58. The highest BCUT2D eigenvalue weighted by atomic mass is 15.2. The molecule has 22 heavy (non-hydrogen) atoms. The smallest absolute Gasteiger partial charge is 0.0348 e. The van der Waals surface area contributed by atoms with Crippen molar-refractivity contribution in [3.8, 4) is 0 Å². The average Bonchev–Trinajstić information content (AvgIpc) is 2.61. The van der Waals surface area contributed by atoms with Crippen LogP contribution < -0.4 is 5.32 Å². The van der Waals surface area contributed by atoms with Crippen molar-refractivity contribution in [1.82, 2.24) is 10.2 Å². The van der Waals surface area contributed by atoms with Crippen LogP contribution in [0.15, 0.2) is 60.7 Å². The first-order valence-corrected chi connectivity index (χ1v) is 8.47. The third-order valence-corrected chi connectivity index (χ3v) is 4.55. The van der Waals surface area contributed by atoms with E-state index in [-0.39, 0.29) is 0 Å². The van der Waals surface area contributed by atoms with Gasteiger partial charge in [-0.1, -0.05) is 67.1 Å². The Morgan fingerprint density at radius 1 is 0.909 bits per heavy atom. The van der Waals surface area contributed by atoms with Gasteiger partial charge in [0.15, 0.2) is 0 Å². The minimum atomic E-state index is 0.605. The van der Waals surface area contributed by atoms with Crippen LogP contribution >= 0.6 is 0 Å². The van der Waals surface area contributed by atoms with Crippen molar-refractivity contribution in [2.75, 3.05) is 19.6 Å². The molecule has 0 saturated carbocycles. The number of likely N-dealkylation sites (tertiary alicyclic amines) is 1. The zero-order valence-corrected chi connectivity index (χ0v) is 13.2. The largest absolute Gasteiger partial charge is 0.311 e. The zero-order chi connectivity index (χ0) is 15.0. The van der Waals surface area contributed by atoms with Gasteiger partial charge in [-0.3, -0.25) is 4.90 Å². The molecule has 1 atom stereocenters. The van der Waals surface area contributed by atoms with Crippen molar-refractivity contribution in [2.24, 2.45) is 0 Å². The summed E-state index contributed by atoms with van der Waals surface area (Å²) < 4.78 is 0. The normalized spacial score (nSPS) is 19.2. The molecule has 0 amide bonds.